The van der Waals surface area contributed by atoms with Gasteiger partial charge in [-0.2, -0.15) is 0 Å². The number of para-hydroxylation sites is 1. The highest BCUT2D eigenvalue weighted by atomic mass is 16.6. The van der Waals surface area contributed by atoms with E-state index < -0.39 is 6.17 Å². The molecule has 2 aromatic carbocycles. The molecule has 3 aromatic rings. The molecule has 0 fully saturated rings. The van der Waals surface area contributed by atoms with Crippen LogP contribution in [0.4, 0.5) is 5.69 Å². The second-order valence-corrected chi connectivity index (χ2v) is 6.85. The summed E-state index contributed by atoms with van der Waals surface area (Å²) in [4.78, 5) is 15.1. The Balaban J connectivity index is 1.60. The van der Waals surface area contributed by atoms with E-state index in [0.717, 1.165) is 11.3 Å². The number of anilines is 1. The molecule has 0 saturated carbocycles. The summed E-state index contributed by atoms with van der Waals surface area (Å²) in [5, 5.41) is 3.48. The van der Waals surface area contributed by atoms with Crippen LogP contribution in [0.5, 0.6) is 17.2 Å². The summed E-state index contributed by atoms with van der Waals surface area (Å²) in [5.74, 6) is 2.39. The van der Waals surface area contributed by atoms with Crippen LogP contribution in [0, 0.1) is 0 Å². The first-order valence-corrected chi connectivity index (χ1v) is 9.41. The maximum atomic E-state index is 13.3. The van der Waals surface area contributed by atoms with E-state index in [1.807, 2.05) is 48.5 Å². The summed E-state index contributed by atoms with van der Waals surface area (Å²) in [7, 11) is 1.59. The summed E-state index contributed by atoms with van der Waals surface area (Å²) in [6.07, 6.45) is 1.18. The van der Waals surface area contributed by atoms with Gasteiger partial charge >= 0.3 is 0 Å². The fourth-order valence-corrected chi connectivity index (χ4v) is 3.74. The lowest BCUT2D eigenvalue weighted by Crippen LogP contribution is -2.42. The van der Waals surface area contributed by atoms with Gasteiger partial charge in [-0.05, 0) is 36.4 Å². The van der Waals surface area contributed by atoms with Crippen LogP contribution in [0.15, 0.2) is 59.2 Å². The van der Waals surface area contributed by atoms with Gasteiger partial charge in [0.1, 0.15) is 25.1 Å². The van der Waals surface area contributed by atoms with Crippen molar-refractivity contribution in [2.75, 3.05) is 25.6 Å². The molecule has 0 aliphatic carbocycles. The highest BCUT2D eigenvalue weighted by Crippen LogP contribution is 2.44. The van der Waals surface area contributed by atoms with Crippen molar-refractivity contribution in [3.8, 4) is 17.2 Å². The van der Waals surface area contributed by atoms with Gasteiger partial charge in [-0.25, -0.2) is 0 Å². The van der Waals surface area contributed by atoms with Gasteiger partial charge in [0.2, 0.25) is 5.75 Å². The lowest BCUT2D eigenvalue weighted by Gasteiger charge is -2.38. The Labute approximate surface area is 167 Å². The molecule has 148 valence electrons. The van der Waals surface area contributed by atoms with E-state index in [1.54, 1.807) is 18.3 Å². The number of methoxy groups -OCH3 is 1. The number of carbonyl (C=O) groups excluding carboxylic acids is 1. The maximum Gasteiger partial charge on any atom is 0.258 e. The Bertz CT molecular complexity index is 1030. The van der Waals surface area contributed by atoms with Gasteiger partial charge in [-0.15, -0.1) is 0 Å². The first kappa shape index (κ1) is 17.5. The number of rotatable bonds is 4. The summed E-state index contributed by atoms with van der Waals surface area (Å²) < 4.78 is 22.5. The van der Waals surface area contributed by atoms with Crippen LogP contribution in [-0.2, 0) is 6.54 Å². The molecule has 7 nitrogen and oxygen atoms in total. The van der Waals surface area contributed by atoms with E-state index in [-0.39, 0.29) is 5.91 Å². The molecule has 2 aliphatic heterocycles. The van der Waals surface area contributed by atoms with Crippen molar-refractivity contribution in [2.45, 2.75) is 12.7 Å². The molecule has 0 radical (unpaired) electrons. The topological polar surface area (TPSA) is 73.2 Å². The van der Waals surface area contributed by atoms with Crippen molar-refractivity contribution in [1.29, 1.82) is 0 Å². The van der Waals surface area contributed by atoms with Crippen LogP contribution < -0.4 is 19.5 Å². The number of nitrogens with zero attached hydrogens (tertiary/aromatic N) is 1. The van der Waals surface area contributed by atoms with Gasteiger partial charge in [0.15, 0.2) is 11.5 Å². The van der Waals surface area contributed by atoms with Crippen LogP contribution in [0.2, 0.25) is 0 Å². The van der Waals surface area contributed by atoms with Gasteiger partial charge in [0.25, 0.3) is 5.91 Å². The molecular formula is C22H20N2O5. The monoisotopic (exact) mass is 392 g/mol. The maximum absolute atomic E-state index is 13.3. The minimum atomic E-state index is -0.424. The quantitative estimate of drug-likeness (QED) is 0.728. The molecule has 3 heterocycles. The van der Waals surface area contributed by atoms with Crippen molar-refractivity contribution in [1.82, 2.24) is 4.90 Å². The zero-order chi connectivity index (χ0) is 19.8. The second kappa shape index (κ2) is 7.09. The summed E-state index contributed by atoms with van der Waals surface area (Å²) in [6.45, 7) is 1.27. The lowest BCUT2D eigenvalue weighted by atomic mass is 10.0. The van der Waals surface area contributed by atoms with Crippen molar-refractivity contribution in [2.24, 2.45) is 0 Å². The van der Waals surface area contributed by atoms with Crippen molar-refractivity contribution in [3.63, 3.8) is 0 Å². The SMILES string of the molecule is COc1cc(C2Nc3ccccc3C(=O)N2Cc2ccco2)cc2c1OCCO2. The molecule has 5 rings (SSSR count). The third kappa shape index (κ3) is 3.04. The Morgan fingerprint density at radius 3 is 2.83 bits per heavy atom. The molecule has 0 spiro atoms. The number of ether oxygens (including phenoxy) is 3. The molecule has 1 aromatic heterocycles. The third-order valence-electron chi connectivity index (χ3n) is 5.09. The number of benzene rings is 2. The number of amides is 1. The van der Waals surface area contributed by atoms with Gasteiger partial charge in [-0.3, -0.25) is 4.79 Å². The summed E-state index contributed by atoms with van der Waals surface area (Å²) >= 11 is 0. The molecule has 29 heavy (non-hydrogen) atoms. The average Bonchev–Trinajstić information content (AvgIpc) is 3.28. The number of carbonyl (C=O) groups is 1. The molecule has 0 bridgehead atoms. The Morgan fingerprint density at radius 1 is 1.14 bits per heavy atom. The predicted molar refractivity (Wildman–Crippen MR) is 105 cm³/mol. The van der Waals surface area contributed by atoms with Gasteiger partial charge in [0, 0.05) is 11.3 Å². The van der Waals surface area contributed by atoms with E-state index >= 15 is 0 Å². The van der Waals surface area contributed by atoms with E-state index in [9.17, 15) is 4.79 Å². The second-order valence-electron chi connectivity index (χ2n) is 6.85. The smallest absolute Gasteiger partial charge is 0.258 e. The Kier molecular flexibility index (Phi) is 4.27. The molecule has 1 N–H and O–H groups in total. The number of fused-ring (bicyclic) bond motifs is 2. The molecular weight excluding hydrogens is 372 g/mol. The van der Waals surface area contributed by atoms with Crippen molar-refractivity contribution >= 4 is 11.6 Å². The Hall–Kier alpha value is -3.61. The zero-order valence-electron chi connectivity index (χ0n) is 15.9. The highest BCUT2D eigenvalue weighted by Gasteiger charge is 2.34. The number of nitrogens with one attached hydrogen (secondary N) is 1. The third-order valence-corrected chi connectivity index (χ3v) is 5.09. The first-order valence-electron chi connectivity index (χ1n) is 9.41. The summed E-state index contributed by atoms with van der Waals surface area (Å²) in [6, 6.07) is 14.9. The van der Waals surface area contributed by atoms with Gasteiger partial charge in [-0.1, -0.05) is 12.1 Å². The minimum absolute atomic E-state index is 0.0744. The van der Waals surface area contributed by atoms with E-state index in [0.29, 0.717) is 48.3 Å². The van der Waals surface area contributed by atoms with Crippen LogP contribution in [0.1, 0.15) is 27.8 Å². The van der Waals surface area contributed by atoms with E-state index in [2.05, 4.69) is 5.32 Å². The van der Waals surface area contributed by atoms with Gasteiger partial charge in [0.05, 0.1) is 25.5 Å². The zero-order valence-corrected chi connectivity index (χ0v) is 15.9. The van der Waals surface area contributed by atoms with Crippen LogP contribution in [-0.4, -0.2) is 31.1 Å². The van der Waals surface area contributed by atoms with Crippen LogP contribution in [0.25, 0.3) is 0 Å². The predicted octanol–water partition coefficient (Wildman–Crippen LogP) is 3.83. The van der Waals surface area contributed by atoms with Crippen molar-refractivity contribution < 1.29 is 23.4 Å². The fraction of sp³-hybridized carbons (Fsp3) is 0.227. The Morgan fingerprint density at radius 2 is 2.00 bits per heavy atom. The summed E-state index contributed by atoms with van der Waals surface area (Å²) in [5.41, 5.74) is 2.24. The normalized spacial score (nSPS) is 17.5. The minimum Gasteiger partial charge on any atom is -0.493 e. The molecule has 1 unspecified atom stereocenters. The number of hydrogen-bond acceptors (Lipinski definition) is 6. The van der Waals surface area contributed by atoms with Crippen LogP contribution in [0.3, 0.4) is 0 Å². The first-order chi connectivity index (χ1) is 14.2. The average molecular weight is 392 g/mol. The standard InChI is InChI=1S/C22H20N2O5/c1-26-18-11-14(12-19-20(18)29-10-9-28-19)21-23-17-7-3-2-6-16(17)22(25)24(21)13-15-5-4-8-27-15/h2-8,11-12,21,23H,9-10,13H2,1H3. The molecule has 0 saturated heterocycles. The largest absolute Gasteiger partial charge is 0.493 e. The van der Waals surface area contributed by atoms with E-state index in [4.69, 9.17) is 18.6 Å². The number of hydrogen-bond donors (Lipinski definition) is 1. The van der Waals surface area contributed by atoms with Crippen LogP contribution >= 0.6 is 0 Å². The molecule has 7 heteroatoms. The molecule has 1 amide bonds. The fourth-order valence-electron chi connectivity index (χ4n) is 3.74. The molecule has 1 atom stereocenters. The van der Waals surface area contributed by atoms with Crippen molar-refractivity contribution in [3.05, 3.63) is 71.7 Å². The van der Waals surface area contributed by atoms with Gasteiger partial charge < -0.3 is 28.8 Å². The number of furan rings is 1. The highest BCUT2D eigenvalue weighted by molar-refractivity contribution is 6.01. The molecule has 2 aliphatic rings. The lowest BCUT2D eigenvalue weighted by molar-refractivity contribution is 0.0650. The van der Waals surface area contributed by atoms with E-state index in [1.165, 1.54) is 0 Å².